The average molecular weight is 235 g/mol. The quantitative estimate of drug-likeness (QED) is 0.786. The monoisotopic (exact) mass is 234 g/mol. The zero-order valence-corrected chi connectivity index (χ0v) is 10.6. The molecule has 2 heterocycles. The number of ether oxygens (including phenoxy) is 1. The van der Waals surface area contributed by atoms with Crippen LogP contribution in [0, 0.1) is 0 Å². The van der Waals surface area contributed by atoms with Crippen LogP contribution < -0.4 is 5.32 Å². The second-order valence-electron chi connectivity index (χ2n) is 4.64. The molecule has 2 aliphatic rings. The zero-order valence-electron chi connectivity index (χ0n) is 9.74. The van der Waals surface area contributed by atoms with Gasteiger partial charge in [0, 0.05) is 18.6 Å². The predicted octanol–water partition coefficient (Wildman–Crippen LogP) is 1.62. The maximum atomic E-state index is 5.72. The Bertz CT molecular complexity index is 183. The topological polar surface area (TPSA) is 24.5 Å². The van der Waals surface area contributed by atoms with Gasteiger partial charge in [0.25, 0.3) is 0 Å². The first kappa shape index (κ1) is 13.2. The molecule has 2 atom stereocenters. The normalized spacial score (nSPS) is 33.0. The van der Waals surface area contributed by atoms with Gasteiger partial charge in [0.15, 0.2) is 0 Å². The Hall–Kier alpha value is 0.170. The van der Waals surface area contributed by atoms with Crippen LogP contribution in [0.3, 0.4) is 0 Å². The Labute approximate surface area is 99.0 Å². The van der Waals surface area contributed by atoms with Crippen LogP contribution in [-0.4, -0.2) is 42.9 Å². The van der Waals surface area contributed by atoms with Gasteiger partial charge in [-0.05, 0) is 33.2 Å². The van der Waals surface area contributed by atoms with Crippen LogP contribution in [0.25, 0.3) is 0 Å². The lowest BCUT2D eigenvalue weighted by Gasteiger charge is -2.41. The maximum Gasteiger partial charge on any atom is 0.123 e. The highest BCUT2D eigenvalue weighted by atomic mass is 35.5. The predicted molar refractivity (Wildman–Crippen MR) is 64.5 cm³/mol. The van der Waals surface area contributed by atoms with Crippen molar-refractivity contribution < 1.29 is 4.74 Å². The first-order chi connectivity index (χ1) is 6.79. The minimum absolute atomic E-state index is 0. The van der Waals surface area contributed by atoms with E-state index in [0.29, 0.717) is 12.1 Å². The molecule has 0 aromatic rings. The molecule has 90 valence electrons. The minimum Gasteiger partial charge on any atom is -0.360 e. The molecule has 0 radical (unpaired) electrons. The van der Waals surface area contributed by atoms with Crippen LogP contribution in [-0.2, 0) is 4.74 Å². The number of nitrogens with zero attached hydrogens (tertiary/aromatic N) is 1. The summed E-state index contributed by atoms with van der Waals surface area (Å²) < 4.78 is 5.72. The van der Waals surface area contributed by atoms with E-state index in [1.807, 2.05) is 0 Å². The number of piperidine rings is 1. The van der Waals surface area contributed by atoms with Crippen LogP contribution in [0.15, 0.2) is 0 Å². The molecule has 1 N–H and O–H groups in total. The van der Waals surface area contributed by atoms with Crippen LogP contribution in [0.5, 0.6) is 0 Å². The molecule has 0 amide bonds. The van der Waals surface area contributed by atoms with Crippen molar-refractivity contribution in [2.24, 2.45) is 0 Å². The molecule has 0 spiro atoms. The van der Waals surface area contributed by atoms with Gasteiger partial charge in [-0.3, -0.25) is 10.2 Å². The van der Waals surface area contributed by atoms with Gasteiger partial charge in [0.2, 0.25) is 0 Å². The van der Waals surface area contributed by atoms with E-state index in [1.165, 1.54) is 25.8 Å². The number of halogens is 1. The Balaban J connectivity index is 0.00000112. The molecular formula is C11H23ClN2O. The SMILES string of the molecule is CC(C)N1CCCCC1C1NCCO1.Cl. The molecule has 0 aromatic carbocycles. The molecule has 15 heavy (non-hydrogen) atoms. The number of nitrogens with one attached hydrogen (secondary N) is 1. The van der Waals surface area contributed by atoms with Gasteiger partial charge in [-0.25, -0.2) is 0 Å². The fourth-order valence-corrected chi connectivity index (χ4v) is 2.64. The van der Waals surface area contributed by atoms with Crippen LogP contribution in [0.1, 0.15) is 33.1 Å². The molecule has 0 aliphatic carbocycles. The first-order valence-corrected chi connectivity index (χ1v) is 5.90. The largest absolute Gasteiger partial charge is 0.360 e. The third-order valence-electron chi connectivity index (χ3n) is 3.35. The smallest absolute Gasteiger partial charge is 0.123 e. The number of hydrogen-bond donors (Lipinski definition) is 1. The van der Waals surface area contributed by atoms with E-state index in [1.54, 1.807) is 0 Å². The highest BCUT2D eigenvalue weighted by Gasteiger charge is 2.33. The fraction of sp³-hybridized carbons (Fsp3) is 1.00. The lowest BCUT2D eigenvalue weighted by Crippen LogP contribution is -2.53. The Morgan fingerprint density at radius 1 is 1.33 bits per heavy atom. The molecule has 0 bridgehead atoms. The molecule has 2 rings (SSSR count). The second-order valence-corrected chi connectivity index (χ2v) is 4.64. The van der Waals surface area contributed by atoms with Gasteiger partial charge in [0.1, 0.15) is 6.23 Å². The summed E-state index contributed by atoms with van der Waals surface area (Å²) in [5.41, 5.74) is 0. The number of likely N-dealkylation sites (tertiary alicyclic amines) is 1. The number of rotatable bonds is 2. The van der Waals surface area contributed by atoms with Crippen molar-refractivity contribution in [2.75, 3.05) is 19.7 Å². The summed E-state index contributed by atoms with van der Waals surface area (Å²) in [6.45, 7) is 7.71. The molecule has 2 fully saturated rings. The van der Waals surface area contributed by atoms with E-state index in [0.717, 1.165) is 13.2 Å². The van der Waals surface area contributed by atoms with Crippen molar-refractivity contribution in [3.63, 3.8) is 0 Å². The van der Waals surface area contributed by atoms with E-state index in [-0.39, 0.29) is 18.6 Å². The Kier molecular flexibility index (Phi) is 5.33. The lowest BCUT2D eigenvalue weighted by atomic mass is 9.99. The van der Waals surface area contributed by atoms with E-state index in [9.17, 15) is 0 Å². The Morgan fingerprint density at radius 3 is 2.73 bits per heavy atom. The third kappa shape index (κ3) is 3.06. The van der Waals surface area contributed by atoms with E-state index in [2.05, 4.69) is 24.1 Å². The molecule has 3 nitrogen and oxygen atoms in total. The van der Waals surface area contributed by atoms with Gasteiger partial charge >= 0.3 is 0 Å². The average Bonchev–Trinajstić information content (AvgIpc) is 2.70. The maximum absolute atomic E-state index is 5.72. The van der Waals surface area contributed by atoms with Gasteiger partial charge in [-0.15, -0.1) is 12.4 Å². The highest BCUT2D eigenvalue weighted by Crippen LogP contribution is 2.23. The standard InChI is InChI=1S/C11H22N2O.ClH/c1-9(2)13-7-4-3-5-10(13)11-12-6-8-14-11;/h9-12H,3-8H2,1-2H3;1H. The summed E-state index contributed by atoms with van der Waals surface area (Å²) in [4.78, 5) is 2.59. The van der Waals surface area contributed by atoms with Crippen molar-refractivity contribution in [2.45, 2.75) is 51.4 Å². The summed E-state index contributed by atoms with van der Waals surface area (Å²) in [6, 6.07) is 1.25. The van der Waals surface area contributed by atoms with Gasteiger partial charge in [-0.1, -0.05) is 6.42 Å². The molecule has 0 saturated carbocycles. The number of hydrogen-bond acceptors (Lipinski definition) is 3. The van der Waals surface area contributed by atoms with Gasteiger partial charge < -0.3 is 4.74 Å². The van der Waals surface area contributed by atoms with Crippen molar-refractivity contribution in [3.8, 4) is 0 Å². The molecule has 2 aliphatic heterocycles. The summed E-state index contributed by atoms with van der Waals surface area (Å²) >= 11 is 0. The summed E-state index contributed by atoms with van der Waals surface area (Å²) in [7, 11) is 0. The molecular weight excluding hydrogens is 212 g/mol. The highest BCUT2D eigenvalue weighted by molar-refractivity contribution is 5.85. The minimum atomic E-state index is 0. The third-order valence-corrected chi connectivity index (χ3v) is 3.35. The van der Waals surface area contributed by atoms with Crippen molar-refractivity contribution in [1.82, 2.24) is 10.2 Å². The summed E-state index contributed by atoms with van der Waals surface area (Å²) in [6.07, 6.45) is 4.28. The van der Waals surface area contributed by atoms with E-state index < -0.39 is 0 Å². The first-order valence-electron chi connectivity index (χ1n) is 5.90. The molecule has 2 saturated heterocycles. The van der Waals surface area contributed by atoms with Crippen LogP contribution in [0.2, 0.25) is 0 Å². The van der Waals surface area contributed by atoms with E-state index >= 15 is 0 Å². The van der Waals surface area contributed by atoms with Gasteiger partial charge in [0.05, 0.1) is 6.61 Å². The molecule has 0 aromatic heterocycles. The molecule has 4 heteroatoms. The summed E-state index contributed by atoms with van der Waals surface area (Å²) in [5, 5.41) is 3.45. The second kappa shape index (κ2) is 6.04. The molecule has 2 unspecified atom stereocenters. The lowest BCUT2D eigenvalue weighted by molar-refractivity contribution is -0.0159. The van der Waals surface area contributed by atoms with E-state index in [4.69, 9.17) is 4.74 Å². The van der Waals surface area contributed by atoms with Crippen LogP contribution >= 0.6 is 12.4 Å². The van der Waals surface area contributed by atoms with Crippen LogP contribution in [0.4, 0.5) is 0 Å². The van der Waals surface area contributed by atoms with Crippen molar-refractivity contribution in [1.29, 1.82) is 0 Å². The summed E-state index contributed by atoms with van der Waals surface area (Å²) in [5.74, 6) is 0. The van der Waals surface area contributed by atoms with Crippen molar-refractivity contribution >= 4 is 12.4 Å². The van der Waals surface area contributed by atoms with Crippen molar-refractivity contribution in [3.05, 3.63) is 0 Å². The van der Waals surface area contributed by atoms with Gasteiger partial charge in [-0.2, -0.15) is 0 Å². The fourth-order valence-electron chi connectivity index (χ4n) is 2.64. The zero-order chi connectivity index (χ0) is 9.97. The Morgan fingerprint density at radius 2 is 2.13 bits per heavy atom.